The first-order valence-electron chi connectivity index (χ1n) is 9.26. The molecule has 3 nitrogen and oxygen atoms in total. The molecule has 1 heterocycles. The molecular weight excluding hydrogens is 405 g/mol. The first-order valence-corrected chi connectivity index (χ1v) is 9.26. The molecule has 3 rings (SSSR count). The van der Waals surface area contributed by atoms with Crippen LogP contribution in [0.1, 0.15) is 41.9 Å². The average molecular weight is 429 g/mol. The first kappa shape index (κ1) is 22.7. The van der Waals surface area contributed by atoms with Gasteiger partial charge in [-0.1, -0.05) is 35.9 Å². The van der Waals surface area contributed by atoms with E-state index < -0.39 is 0 Å². The fraction of sp³-hybridized carbons (Fsp3) is 0.208. The summed E-state index contributed by atoms with van der Waals surface area (Å²) in [7, 11) is 0. The Kier molecular flexibility index (Phi) is 7.60. The molecule has 0 aliphatic carbocycles. The van der Waals surface area contributed by atoms with Crippen molar-refractivity contribution < 1.29 is 21.5 Å². The molecule has 2 aromatic carbocycles. The number of pyridine rings is 1. The zero-order chi connectivity index (χ0) is 20.3. The topological polar surface area (TPSA) is 37.6 Å². The van der Waals surface area contributed by atoms with Gasteiger partial charge in [-0.25, -0.2) is 14.4 Å². The zero-order valence-electron chi connectivity index (χ0n) is 17.3. The van der Waals surface area contributed by atoms with E-state index in [2.05, 4.69) is 42.9 Å². The summed E-state index contributed by atoms with van der Waals surface area (Å²) >= 11 is 0. The molecule has 0 radical (unpaired) electrons. The van der Waals surface area contributed by atoms with E-state index in [1.807, 2.05) is 32.0 Å². The number of benzene rings is 2. The molecule has 1 aromatic heterocycles. The quantitative estimate of drug-likeness (QED) is 0.348. The molecular formula is C24H24FFeN3. The molecule has 0 saturated heterocycles. The Morgan fingerprint density at radius 3 is 1.93 bits per heavy atom. The van der Waals surface area contributed by atoms with Gasteiger partial charge >= 0.3 is 0 Å². The van der Waals surface area contributed by atoms with E-state index in [1.165, 1.54) is 11.6 Å². The third-order valence-corrected chi connectivity index (χ3v) is 4.55. The molecule has 0 N–H and O–H groups in total. The molecule has 0 saturated carbocycles. The van der Waals surface area contributed by atoms with E-state index in [4.69, 9.17) is 4.99 Å². The van der Waals surface area contributed by atoms with E-state index in [0.717, 1.165) is 28.2 Å². The summed E-state index contributed by atoms with van der Waals surface area (Å²) in [6, 6.07) is 16.5. The Labute approximate surface area is 182 Å². The van der Waals surface area contributed by atoms with Crippen molar-refractivity contribution >= 4 is 22.8 Å². The molecule has 0 atom stereocenters. The van der Waals surface area contributed by atoms with E-state index >= 15 is 0 Å². The molecule has 0 aliphatic heterocycles. The van der Waals surface area contributed by atoms with Crippen LogP contribution in [0.25, 0.3) is 0 Å². The smallest absolute Gasteiger partial charge is 0.148 e. The second-order valence-electron chi connectivity index (χ2n) is 7.00. The van der Waals surface area contributed by atoms with Crippen molar-refractivity contribution in [3.63, 3.8) is 0 Å². The van der Waals surface area contributed by atoms with Crippen LogP contribution in [0.15, 0.2) is 64.6 Å². The first-order chi connectivity index (χ1) is 13.3. The van der Waals surface area contributed by atoms with Gasteiger partial charge in [0.2, 0.25) is 0 Å². The van der Waals surface area contributed by atoms with Crippen molar-refractivity contribution in [3.8, 4) is 0 Å². The molecule has 3 aromatic rings. The zero-order valence-corrected chi connectivity index (χ0v) is 18.4. The largest absolute Gasteiger partial charge is 0.251 e. The van der Waals surface area contributed by atoms with E-state index in [9.17, 15) is 4.39 Å². The minimum Gasteiger partial charge on any atom is -0.251 e. The fourth-order valence-electron chi connectivity index (χ4n) is 3.19. The number of aliphatic imine (C=N–C) groups is 2. The molecule has 5 heteroatoms. The van der Waals surface area contributed by atoms with Crippen molar-refractivity contribution in [1.82, 2.24) is 4.98 Å². The van der Waals surface area contributed by atoms with Crippen LogP contribution in [-0.2, 0) is 17.1 Å². The Balaban J connectivity index is 0.00000300. The summed E-state index contributed by atoms with van der Waals surface area (Å²) in [5, 5.41) is 0. The van der Waals surface area contributed by atoms with Crippen LogP contribution in [0.3, 0.4) is 0 Å². The monoisotopic (exact) mass is 429 g/mol. The molecule has 0 unspecified atom stereocenters. The van der Waals surface area contributed by atoms with Crippen molar-refractivity contribution in [3.05, 3.63) is 88.5 Å². The maximum Gasteiger partial charge on any atom is 0.148 e. The predicted octanol–water partition coefficient (Wildman–Crippen LogP) is 6.42. The Morgan fingerprint density at radius 2 is 1.34 bits per heavy atom. The van der Waals surface area contributed by atoms with Gasteiger partial charge in [0.05, 0.1) is 34.2 Å². The molecule has 0 fully saturated rings. The second-order valence-corrected chi connectivity index (χ2v) is 7.00. The number of aryl methyl sites for hydroxylation is 3. The van der Waals surface area contributed by atoms with Gasteiger partial charge in [-0.15, -0.1) is 0 Å². The van der Waals surface area contributed by atoms with Crippen molar-refractivity contribution in [2.24, 2.45) is 9.98 Å². The standard InChI is InChI=1S/C24H24FN3.Fe/c1-15-13-16(2)24(17(3)14-15)27-19(5)22-12-8-11-21(28-22)18(4)26-23-10-7-6-9-20(23)25;/h6-14H,1-5H3;. The SMILES string of the molecule is CC(=Nc1ccccc1F)c1cccc(C(C)=Nc2c(C)cc(C)cc2C)n1.[Fe]. The number of aromatic nitrogens is 1. The van der Waals surface area contributed by atoms with Gasteiger partial charge in [0, 0.05) is 17.1 Å². The number of rotatable bonds is 4. The van der Waals surface area contributed by atoms with Gasteiger partial charge in [0.1, 0.15) is 5.82 Å². The maximum absolute atomic E-state index is 13.9. The number of hydrogen-bond acceptors (Lipinski definition) is 3. The molecule has 0 bridgehead atoms. The van der Waals surface area contributed by atoms with Gasteiger partial charge in [0.15, 0.2) is 0 Å². The Bertz CT molecular complexity index is 1060. The van der Waals surface area contributed by atoms with Gasteiger partial charge in [0.25, 0.3) is 0 Å². The van der Waals surface area contributed by atoms with Crippen LogP contribution in [0.2, 0.25) is 0 Å². The van der Waals surface area contributed by atoms with E-state index in [-0.39, 0.29) is 22.9 Å². The Hall–Kier alpha value is -2.62. The van der Waals surface area contributed by atoms with Crippen molar-refractivity contribution in [2.45, 2.75) is 34.6 Å². The summed E-state index contributed by atoms with van der Waals surface area (Å²) in [4.78, 5) is 13.9. The number of para-hydroxylation sites is 1. The van der Waals surface area contributed by atoms with Crippen LogP contribution < -0.4 is 0 Å². The third-order valence-electron chi connectivity index (χ3n) is 4.55. The minimum absolute atomic E-state index is 0. The summed E-state index contributed by atoms with van der Waals surface area (Å²) in [6.07, 6.45) is 0. The Morgan fingerprint density at radius 1 is 0.793 bits per heavy atom. The third kappa shape index (κ3) is 5.47. The number of hydrogen-bond donors (Lipinski definition) is 0. The van der Waals surface area contributed by atoms with Crippen LogP contribution >= 0.6 is 0 Å². The summed E-state index contributed by atoms with van der Waals surface area (Å²) in [6.45, 7) is 10.0. The molecule has 0 aliphatic rings. The van der Waals surface area contributed by atoms with E-state index in [1.54, 1.807) is 18.2 Å². The van der Waals surface area contributed by atoms with Gasteiger partial charge < -0.3 is 0 Å². The number of nitrogens with zero attached hydrogens (tertiary/aromatic N) is 3. The average Bonchev–Trinajstić information content (AvgIpc) is 2.66. The van der Waals surface area contributed by atoms with Crippen LogP contribution in [0.5, 0.6) is 0 Å². The second kappa shape index (κ2) is 9.73. The van der Waals surface area contributed by atoms with Gasteiger partial charge in [-0.3, -0.25) is 4.99 Å². The van der Waals surface area contributed by atoms with Crippen molar-refractivity contribution in [1.29, 1.82) is 0 Å². The minimum atomic E-state index is -0.346. The van der Waals surface area contributed by atoms with Crippen LogP contribution in [0, 0.1) is 26.6 Å². The summed E-state index contributed by atoms with van der Waals surface area (Å²) < 4.78 is 13.9. The van der Waals surface area contributed by atoms with E-state index in [0.29, 0.717) is 17.1 Å². The van der Waals surface area contributed by atoms with Crippen LogP contribution in [0.4, 0.5) is 15.8 Å². The summed E-state index contributed by atoms with van der Waals surface area (Å²) in [5.74, 6) is -0.346. The van der Waals surface area contributed by atoms with Crippen molar-refractivity contribution in [2.75, 3.05) is 0 Å². The molecule has 0 spiro atoms. The number of halogens is 1. The summed E-state index contributed by atoms with van der Waals surface area (Å²) in [5.41, 5.74) is 7.77. The predicted molar refractivity (Wildman–Crippen MR) is 115 cm³/mol. The van der Waals surface area contributed by atoms with Gasteiger partial charge in [-0.2, -0.15) is 0 Å². The molecule has 150 valence electrons. The fourth-order valence-corrected chi connectivity index (χ4v) is 3.19. The molecule has 0 amide bonds. The van der Waals surface area contributed by atoms with Gasteiger partial charge in [-0.05, 0) is 70.0 Å². The molecule has 29 heavy (non-hydrogen) atoms. The van der Waals surface area contributed by atoms with Crippen LogP contribution in [-0.4, -0.2) is 16.4 Å². The maximum atomic E-state index is 13.9. The normalized spacial score (nSPS) is 11.9.